The standard InChI is InChI=1S/C50H27N3OS2/c1-2-11-28(12-3-1)51(29-21-22-31-30-13-4-7-18-42(30)54-43(31)23-29)38-16-10-17-39-49(38)53-41-27-47-35(33-15-6-9-20-45(33)56-47)25-37(41)48-36-24-34-32-14-5-8-19-44(32)55-46(34)26-40(36)52(39)50(48)53/h1-27H. The van der Waals surface area contributed by atoms with Crippen LogP contribution in [-0.2, 0) is 0 Å². The summed E-state index contributed by atoms with van der Waals surface area (Å²) in [5.41, 5.74) is 11.1. The molecule has 14 aromatic rings. The second-order valence-corrected chi connectivity index (χ2v) is 17.1. The van der Waals surface area contributed by atoms with Crippen LogP contribution in [0.2, 0.25) is 0 Å². The topological polar surface area (TPSA) is 25.2 Å². The summed E-state index contributed by atoms with van der Waals surface area (Å²) in [6, 6.07) is 60.0. The lowest BCUT2D eigenvalue weighted by Gasteiger charge is -2.26. The number of benzene rings is 8. The minimum Gasteiger partial charge on any atom is -0.456 e. The number of hydrogen-bond acceptors (Lipinski definition) is 4. The molecule has 0 radical (unpaired) electrons. The van der Waals surface area contributed by atoms with Gasteiger partial charge in [0.05, 0.1) is 27.8 Å². The largest absolute Gasteiger partial charge is 0.456 e. The zero-order valence-electron chi connectivity index (χ0n) is 29.7. The fourth-order valence-electron chi connectivity index (χ4n) is 9.67. The second-order valence-electron chi connectivity index (χ2n) is 14.9. The predicted molar refractivity (Wildman–Crippen MR) is 240 cm³/mol. The highest BCUT2D eigenvalue weighted by molar-refractivity contribution is 7.26. The van der Waals surface area contributed by atoms with Gasteiger partial charge in [-0.1, -0.05) is 78.9 Å². The maximum atomic E-state index is 6.47. The molecule has 0 bridgehead atoms. The average molecular weight is 750 g/mol. The highest BCUT2D eigenvalue weighted by Gasteiger charge is 2.28. The quantitative estimate of drug-likeness (QED) is 0.180. The Bertz CT molecular complexity index is 3950. The van der Waals surface area contributed by atoms with Crippen LogP contribution < -0.4 is 4.90 Å². The average Bonchev–Trinajstić information content (AvgIpc) is 4.07. The van der Waals surface area contributed by atoms with E-state index in [1.165, 1.54) is 84.2 Å². The Morgan fingerprint density at radius 3 is 1.75 bits per heavy atom. The molecule has 4 nitrogen and oxygen atoms in total. The number of aromatic nitrogens is 2. The van der Waals surface area contributed by atoms with Gasteiger partial charge in [-0.2, -0.15) is 0 Å². The van der Waals surface area contributed by atoms with Gasteiger partial charge in [0, 0.05) is 84.7 Å². The number of thiophene rings is 2. The number of hydrogen-bond donors (Lipinski definition) is 0. The van der Waals surface area contributed by atoms with E-state index in [4.69, 9.17) is 4.42 Å². The summed E-state index contributed by atoms with van der Waals surface area (Å²) in [5, 5.41) is 11.4. The summed E-state index contributed by atoms with van der Waals surface area (Å²) in [6.45, 7) is 0. The summed E-state index contributed by atoms with van der Waals surface area (Å²) in [4.78, 5) is 2.40. The van der Waals surface area contributed by atoms with E-state index in [9.17, 15) is 0 Å². The molecule has 14 rings (SSSR count). The van der Waals surface area contributed by atoms with Gasteiger partial charge in [0.15, 0.2) is 0 Å². The summed E-state index contributed by atoms with van der Waals surface area (Å²) >= 11 is 3.77. The Hall–Kier alpha value is -6.86. The van der Waals surface area contributed by atoms with Crippen molar-refractivity contribution in [1.29, 1.82) is 0 Å². The molecule has 260 valence electrons. The van der Waals surface area contributed by atoms with Crippen molar-refractivity contribution in [3.63, 3.8) is 0 Å². The minimum atomic E-state index is 0.878. The number of anilines is 3. The number of para-hydroxylation sites is 3. The Balaban J connectivity index is 1.16. The molecular formula is C50H27N3OS2. The van der Waals surface area contributed by atoms with Crippen LogP contribution in [0, 0.1) is 0 Å². The van der Waals surface area contributed by atoms with E-state index in [-0.39, 0.29) is 0 Å². The number of imidazole rings is 1. The first-order valence-electron chi connectivity index (χ1n) is 18.9. The van der Waals surface area contributed by atoms with Crippen molar-refractivity contribution in [2.75, 3.05) is 4.90 Å². The van der Waals surface area contributed by atoms with Crippen molar-refractivity contribution in [1.82, 2.24) is 8.80 Å². The molecule has 56 heavy (non-hydrogen) atoms. The van der Waals surface area contributed by atoms with E-state index >= 15 is 0 Å². The molecule has 0 spiro atoms. The smallest absolute Gasteiger partial charge is 0.137 e. The fraction of sp³-hybridized carbons (Fsp3) is 0. The van der Waals surface area contributed by atoms with Crippen LogP contribution in [0.4, 0.5) is 17.1 Å². The van der Waals surface area contributed by atoms with Gasteiger partial charge in [-0.25, -0.2) is 0 Å². The summed E-state index contributed by atoms with van der Waals surface area (Å²) in [5.74, 6) is 0. The van der Waals surface area contributed by atoms with E-state index in [0.29, 0.717) is 0 Å². The number of rotatable bonds is 3. The van der Waals surface area contributed by atoms with Gasteiger partial charge in [-0.3, -0.25) is 8.80 Å². The van der Waals surface area contributed by atoms with Crippen LogP contribution in [0.3, 0.4) is 0 Å². The molecule has 6 heterocycles. The summed E-state index contributed by atoms with van der Waals surface area (Å²) in [6.07, 6.45) is 0. The number of fused-ring (bicyclic) bond motifs is 18. The van der Waals surface area contributed by atoms with Gasteiger partial charge >= 0.3 is 0 Å². The van der Waals surface area contributed by atoms with E-state index in [1.54, 1.807) is 0 Å². The van der Waals surface area contributed by atoms with Gasteiger partial charge in [0.25, 0.3) is 0 Å². The lowest BCUT2D eigenvalue weighted by molar-refractivity contribution is 0.669. The zero-order valence-corrected chi connectivity index (χ0v) is 31.3. The van der Waals surface area contributed by atoms with Gasteiger partial charge in [-0.05, 0) is 78.9 Å². The van der Waals surface area contributed by atoms with Gasteiger partial charge in [0.1, 0.15) is 16.8 Å². The van der Waals surface area contributed by atoms with Crippen molar-refractivity contribution >= 4 is 146 Å². The summed E-state index contributed by atoms with van der Waals surface area (Å²) < 4.78 is 16.8. The molecule has 0 saturated heterocycles. The molecule has 0 aliphatic heterocycles. The van der Waals surface area contributed by atoms with E-state index in [1.807, 2.05) is 28.7 Å². The Morgan fingerprint density at radius 2 is 1.02 bits per heavy atom. The first-order valence-corrected chi connectivity index (χ1v) is 20.6. The molecule has 0 amide bonds. The minimum absolute atomic E-state index is 0.878. The first-order chi connectivity index (χ1) is 27.8. The van der Waals surface area contributed by atoms with E-state index < -0.39 is 0 Å². The summed E-state index contributed by atoms with van der Waals surface area (Å²) in [7, 11) is 0. The van der Waals surface area contributed by atoms with Crippen molar-refractivity contribution in [2.24, 2.45) is 0 Å². The molecule has 0 saturated carbocycles. The molecule has 6 aromatic heterocycles. The maximum Gasteiger partial charge on any atom is 0.137 e. The monoisotopic (exact) mass is 749 g/mol. The van der Waals surface area contributed by atoms with E-state index in [0.717, 1.165) is 39.0 Å². The molecule has 0 fully saturated rings. The molecule has 8 aromatic carbocycles. The van der Waals surface area contributed by atoms with Crippen LogP contribution in [0.25, 0.3) is 106 Å². The van der Waals surface area contributed by atoms with Crippen molar-refractivity contribution < 1.29 is 4.42 Å². The van der Waals surface area contributed by atoms with E-state index in [2.05, 4.69) is 171 Å². The zero-order chi connectivity index (χ0) is 36.2. The molecule has 0 aliphatic rings. The van der Waals surface area contributed by atoms with Crippen LogP contribution in [0.5, 0.6) is 0 Å². The molecule has 0 N–H and O–H groups in total. The lowest BCUT2D eigenvalue weighted by Crippen LogP contribution is -2.10. The molecule has 0 aliphatic carbocycles. The van der Waals surface area contributed by atoms with Gasteiger partial charge < -0.3 is 9.32 Å². The van der Waals surface area contributed by atoms with Crippen LogP contribution in [-0.4, -0.2) is 8.80 Å². The third kappa shape index (κ3) is 3.68. The van der Waals surface area contributed by atoms with Crippen molar-refractivity contribution in [3.05, 3.63) is 164 Å². The van der Waals surface area contributed by atoms with Gasteiger partial charge in [0.2, 0.25) is 0 Å². The Morgan fingerprint density at radius 1 is 0.393 bits per heavy atom. The van der Waals surface area contributed by atoms with Gasteiger partial charge in [-0.15, -0.1) is 22.7 Å². The maximum absolute atomic E-state index is 6.47. The Labute approximate surface area is 326 Å². The highest BCUT2D eigenvalue weighted by atomic mass is 32.1. The van der Waals surface area contributed by atoms with Crippen molar-refractivity contribution in [3.8, 4) is 0 Å². The highest BCUT2D eigenvalue weighted by Crippen LogP contribution is 2.50. The SMILES string of the molecule is c1ccc(N(c2ccc3c(c2)oc2ccccc23)c2cccc3c2n2c4cc5sc6ccccc6c5cc4c4c5cc6c(cc5n3c42)sc2ccccc26)cc1. The van der Waals surface area contributed by atoms with Crippen LogP contribution >= 0.6 is 22.7 Å². The lowest BCUT2D eigenvalue weighted by atomic mass is 10.1. The molecule has 0 atom stereocenters. The third-order valence-electron chi connectivity index (χ3n) is 12.0. The number of furan rings is 1. The van der Waals surface area contributed by atoms with Crippen LogP contribution in [0.1, 0.15) is 0 Å². The molecule has 6 heteroatoms. The van der Waals surface area contributed by atoms with Crippen LogP contribution in [0.15, 0.2) is 168 Å². The Kier molecular flexibility index (Phi) is 5.51. The number of nitrogens with zero attached hydrogens (tertiary/aromatic N) is 3. The normalized spacial score (nSPS) is 12.6. The molecule has 0 unspecified atom stereocenters. The van der Waals surface area contributed by atoms with Crippen molar-refractivity contribution in [2.45, 2.75) is 0 Å². The first kappa shape index (κ1) is 29.5. The fourth-order valence-corrected chi connectivity index (χ4v) is 11.9. The predicted octanol–water partition coefficient (Wildman–Crippen LogP) is 15.2. The second kappa shape index (κ2) is 10.5. The third-order valence-corrected chi connectivity index (χ3v) is 14.3. The molecular weight excluding hydrogens is 723 g/mol.